The van der Waals surface area contributed by atoms with Crippen LogP contribution in [-0.2, 0) is 7.05 Å². The Hall–Kier alpha value is -1.89. The molecule has 0 radical (unpaired) electrons. The van der Waals surface area contributed by atoms with Crippen LogP contribution in [0.1, 0.15) is 23.3 Å². The monoisotopic (exact) mass is 391 g/mol. The number of carbonyl (C=O) groups excluding carboxylic acids is 1. The number of pyridine rings is 1. The highest BCUT2D eigenvalue weighted by Gasteiger charge is 2.24. The fraction of sp³-hybridized carbons (Fsp3) is 0.471. The third-order valence-electron chi connectivity index (χ3n) is 4.51. The third kappa shape index (κ3) is 3.77. The molecule has 1 fully saturated rings. The molecule has 128 valence electrons. The summed E-state index contributed by atoms with van der Waals surface area (Å²) in [4.78, 5) is 24.8. The topological polar surface area (TPSA) is 54.3 Å². The predicted molar refractivity (Wildman–Crippen MR) is 97.0 cm³/mol. The van der Waals surface area contributed by atoms with Crippen LogP contribution in [0, 0.1) is 5.92 Å². The summed E-state index contributed by atoms with van der Waals surface area (Å²) in [6, 6.07) is 2.04. The lowest BCUT2D eigenvalue weighted by Crippen LogP contribution is -2.39. The summed E-state index contributed by atoms with van der Waals surface area (Å²) in [5, 5.41) is 0. The van der Waals surface area contributed by atoms with E-state index in [9.17, 15) is 4.79 Å². The normalized spacial score (nSPS) is 15.5. The molecule has 0 bridgehead atoms. The van der Waals surface area contributed by atoms with Crippen molar-refractivity contribution in [2.75, 3.05) is 31.6 Å². The minimum atomic E-state index is -0.00472. The average Bonchev–Trinajstić information content (AvgIpc) is 3.02. The van der Waals surface area contributed by atoms with Crippen molar-refractivity contribution >= 4 is 27.5 Å². The van der Waals surface area contributed by atoms with Gasteiger partial charge in [0.05, 0.1) is 16.5 Å². The molecule has 0 aliphatic carbocycles. The number of halogens is 1. The maximum Gasteiger partial charge on any atom is 0.273 e. The number of anilines is 1. The molecule has 2 aromatic rings. The molecule has 0 N–H and O–H groups in total. The second kappa shape index (κ2) is 7.34. The van der Waals surface area contributed by atoms with E-state index in [2.05, 4.69) is 30.8 Å². The Morgan fingerprint density at radius 3 is 2.79 bits per heavy atom. The van der Waals surface area contributed by atoms with Gasteiger partial charge in [-0.2, -0.15) is 0 Å². The summed E-state index contributed by atoms with van der Waals surface area (Å²) < 4.78 is 2.83. The second-order valence-electron chi connectivity index (χ2n) is 6.37. The van der Waals surface area contributed by atoms with Crippen LogP contribution in [0.25, 0.3) is 0 Å². The van der Waals surface area contributed by atoms with Gasteiger partial charge in [0.2, 0.25) is 0 Å². The average molecular weight is 392 g/mol. The van der Waals surface area contributed by atoms with Crippen molar-refractivity contribution in [3.05, 3.63) is 41.2 Å². The molecule has 2 aromatic heterocycles. The van der Waals surface area contributed by atoms with E-state index >= 15 is 0 Å². The van der Waals surface area contributed by atoms with Gasteiger partial charge < -0.3 is 14.4 Å². The molecule has 1 amide bonds. The first-order chi connectivity index (χ1) is 11.5. The number of rotatable bonds is 4. The van der Waals surface area contributed by atoms with Gasteiger partial charge in [-0.25, -0.2) is 4.98 Å². The molecule has 3 heterocycles. The van der Waals surface area contributed by atoms with Crippen LogP contribution in [0.3, 0.4) is 0 Å². The van der Waals surface area contributed by atoms with Crippen molar-refractivity contribution in [3.8, 4) is 0 Å². The summed E-state index contributed by atoms with van der Waals surface area (Å²) >= 11 is 3.57. The first kappa shape index (κ1) is 17.0. The van der Waals surface area contributed by atoms with E-state index in [0.29, 0.717) is 11.6 Å². The summed E-state index contributed by atoms with van der Waals surface area (Å²) in [5.41, 5.74) is 1.71. The van der Waals surface area contributed by atoms with Gasteiger partial charge in [0, 0.05) is 52.3 Å². The van der Waals surface area contributed by atoms with Crippen molar-refractivity contribution in [3.63, 3.8) is 0 Å². The molecule has 1 aliphatic heterocycles. The Morgan fingerprint density at radius 1 is 1.42 bits per heavy atom. The first-order valence-electron chi connectivity index (χ1n) is 8.12. The number of imidazole rings is 1. The molecule has 0 aromatic carbocycles. The Balaban J connectivity index is 1.53. The molecule has 0 unspecified atom stereocenters. The van der Waals surface area contributed by atoms with Crippen LogP contribution in [0.4, 0.5) is 5.69 Å². The molecule has 24 heavy (non-hydrogen) atoms. The van der Waals surface area contributed by atoms with Crippen molar-refractivity contribution in [1.29, 1.82) is 0 Å². The van der Waals surface area contributed by atoms with Crippen LogP contribution in [0.2, 0.25) is 0 Å². The van der Waals surface area contributed by atoms with Gasteiger partial charge in [0.15, 0.2) is 0 Å². The Labute approximate surface area is 150 Å². The fourth-order valence-electron chi connectivity index (χ4n) is 3.17. The van der Waals surface area contributed by atoms with Crippen LogP contribution in [-0.4, -0.2) is 52.0 Å². The lowest BCUT2D eigenvalue weighted by molar-refractivity contribution is 0.0759. The highest BCUT2D eigenvalue weighted by molar-refractivity contribution is 9.10. The Morgan fingerprint density at radius 2 is 2.17 bits per heavy atom. The number of aromatic nitrogens is 3. The molecule has 0 atom stereocenters. The van der Waals surface area contributed by atoms with Crippen molar-refractivity contribution in [2.24, 2.45) is 13.0 Å². The maximum atomic E-state index is 12.4. The summed E-state index contributed by atoms with van der Waals surface area (Å²) in [5.74, 6) is 0.523. The molecular formula is C17H22BrN5O. The fourth-order valence-corrected chi connectivity index (χ4v) is 3.67. The molecule has 1 aliphatic rings. The molecule has 0 saturated carbocycles. The van der Waals surface area contributed by atoms with Gasteiger partial charge in [-0.05, 0) is 40.8 Å². The van der Waals surface area contributed by atoms with E-state index in [4.69, 9.17) is 0 Å². The van der Waals surface area contributed by atoms with Crippen molar-refractivity contribution in [2.45, 2.75) is 12.8 Å². The quantitative estimate of drug-likeness (QED) is 0.803. The standard InChI is InChI=1S/C17H22BrN5O/c1-21-11-15(20-12-21)17(24)22(2)10-13-4-7-23(8-5-13)16-3-6-19-9-14(16)18/h3,6,9,11-13H,4-5,7-8,10H2,1-2H3. The smallest absolute Gasteiger partial charge is 0.273 e. The van der Waals surface area contributed by atoms with E-state index in [0.717, 1.165) is 36.9 Å². The van der Waals surface area contributed by atoms with E-state index in [-0.39, 0.29) is 5.91 Å². The number of carbonyl (C=O) groups is 1. The van der Waals surface area contributed by atoms with Gasteiger partial charge in [0.25, 0.3) is 5.91 Å². The van der Waals surface area contributed by atoms with Gasteiger partial charge in [-0.1, -0.05) is 0 Å². The van der Waals surface area contributed by atoms with E-state index in [1.165, 1.54) is 5.69 Å². The Bertz CT molecular complexity index is 709. The zero-order valence-corrected chi connectivity index (χ0v) is 15.6. The molecule has 0 spiro atoms. The number of aryl methyl sites for hydroxylation is 1. The largest absolute Gasteiger partial charge is 0.371 e. The van der Waals surface area contributed by atoms with E-state index in [1.807, 2.05) is 32.6 Å². The molecular weight excluding hydrogens is 370 g/mol. The lowest BCUT2D eigenvalue weighted by atomic mass is 9.96. The Kier molecular flexibility index (Phi) is 5.18. The summed E-state index contributed by atoms with van der Waals surface area (Å²) in [6.07, 6.45) is 9.24. The highest BCUT2D eigenvalue weighted by atomic mass is 79.9. The second-order valence-corrected chi connectivity index (χ2v) is 7.22. The first-order valence-corrected chi connectivity index (χ1v) is 8.92. The van der Waals surface area contributed by atoms with E-state index < -0.39 is 0 Å². The number of amides is 1. The third-order valence-corrected chi connectivity index (χ3v) is 5.12. The van der Waals surface area contributed by atoms with Gasteiger partial charge >= 0.3 is 0 Å². The lowest BCUT2D eigenvalue weighted by Gasteiger charge is -2.35. The zero-order valence-electron chi connectivity index (χ0n) is 14.0. The van der Waals surface area contributed by atoms with Crippen molar-refractivity contribution < 1.29 is 4.79 Å². The summed E-state index contributed by atoms with van der Waals surface area (Å²) in [6.45, 7) is 2.78. The minimum Gasteiger partial charge on any atom is -0.371 e. The van der Waals surface area contributed by atoms with Crippen LogP contribution in [0.5, 0.6) is 0 Å². The van der Waals surface area contributed by atoms with Crippen molar-refractivity contribution in [1.82, 2.24) is 19.4 Å². The van der Waals surface area contributed by atoms with Gasteiger partial charge in [-0.15, -0.1) is 0 Å². The maximum absolute atomic E-state index is 12.4. The van der Waals surface area contributed by atoms with Crippen LogP contribution >= 0.6 is 15.9 Å². The number of piperidine rings is 1. The molecule has 7 heteroatoms. The van der Waals surface area contributed by atoms with Crippen LogP contribution in [0.15, 0.2) is 35.5 Å². The van der Waals surface area contributed by atoms with Gasteiger partial charge in [-0.3, -0.25) is 9.78 Å². The molecule has 1 saturated heterocycles. The number of nitrogens with zero attached hydrogens (tertiary/aromatic N) is 5. The predicted octanol–water partition coefficient (Wildman–Crippen LogP) is 2.57. The number of hydrogen-bond acceptors (Lipinski definition) is 4. The highest BCUT2D eigenvalue weighted by Crippen LogP contribution is 2.29. The summed E-state index contributed by atoms with van der Waals surface area (Å²) in [7, 11) is 3.74. The zero-order chi connectivity index (χ0) is 17.1. The molecule has 6 nitrogen and oxygen atoms in total. The SMILES string of the molecule is CN(CC1CCN(c2ccncc2Br)CC1)C(=O)c1cn(C)cn1. The van der Waals surface area contributed by atoms with Gasteiger partial charge in [0.1, 0.15) is 5.69 Å². The van der Waals surface area contributed by atoms with Crippen LogP contribution < -0.4 is 4.90 Å². The number of hydrogen-bond donors (Lipinski definition) is 0. The van der Waals surface area contributed by atoms with E-state index in [1.54, 1.807) is 22.0 Å². The minimum absolute atomic E-state index is 0.00472. The molecule has 3 rings (SSSR count).